The van der Waals surface area contributed by atoms with Gasteiger partial charge in [0.1, 0.15) is 0 Å². The molecule has 4 rings (SSSR count). The Balaban J connectivity index is 2.10. The highest BCUT2D eigenvalue weighted by atomic mass is 15.2. The Morgan fingerprint density at radius 2 is 1.68 bits per heavy atom. The molecule has 22 heavy (non-hydrogen) atoms. The minimum atomic E-state index is 1.01. The summed E-state index contributed by atoms with van der Waals surface area (Å²) >= 11 is 0. The van der Waals surface area contributed by atoms with Gasteiger partial charge in [-0.05, 0) is 43.4 Å². The third-order valence-corrected chi connectivity index (χ3v) is 4.33. The van der Waals surface area contributed by atoms with E-state index in [1.807, 2.05) is 16.9 Å². The summed E-state index contributed by atoms with van der Waals surface area (Å²) in [5, 5.41) is 6.93. The lowest BCUT2D eigenvalue weighted by molar-refractivity contribution is 0.952. The first-order chi connectivity index (χ1) is 10.6. The van der Waals surface area contributed by atoms with E-state index in [4.69, 9.17) is 4.98 Å². The Morgan fingerprint density at radius 3 is 2.50 bits per heavy atom. The van der Waals surface area contributed by atoms with Crippen LogP contribution < -0.4 is 0 Å². The molecule has 3 nitrogen and oxygen atoms in total. The average molecular weight is 287 g/mol. The van der Waals surface area contributed by atoms with Crippen molar-refractivity contribution in [2.24, 2.45) is 0 Å². The molecule has 0 N–H and O–H groups in total. The van der Waals surface area contributed by atoms with E-state index in [-0.39, 0.29) is 0 Å². The molecular formula is C19H17N3. The summed E-state index contributed by atoms with van der Waals surface area (Å²) in [5.74, 6) is 0. The Morgan fingerprint density at radius 1 is 0.909 bits per heavy atom. The van der Waals surface area contributed by atoms with E-state index in [9.17, 15) is 0 Å². The number of hydrogen-bond donors (Lipinski definition) is 0. The summed E-state index contributed by atoms with van der Waals surface area (Å²) in [4.78, 5) is 4.86. The van der Waals surface area contributed by atoms with Crippen molar-refractivity contribution in [3.63, 3.8) is 0 Å². The van der Waals surface area contributed by atoms with Crippen LogP contribution in [0.4, 0.5) is 0 Å². The number of hydrogen-bond acceptors (Lipinski definition) is 2. The Kier molecular flexibility index (Phi) is 2.76. The predicted molar refractivity (Wildman–Crippen MR) is 90.1 cm³/mol. The molecule has 0 aliphatic heterocycles. The van der Waals surface area contributed by atoms with Crippen LogP contribution in [-0.4, -0.2) is 14.6 Å². The third kappa shape index (κ3) is 1.82. The first kappa shape index (κ1) is 13.0. The maximum Gasteiger partial charge on any atom is 0.0821 e. The molecule has 0 unspecified atom stereocenters. The Labute approximate surface area is 129 Å². The molecule has 0 amide bonds. The molecule has 0 spiro atoms. The van der Waals surface area contributed by atoms with Gasteiger partial charge >= 0.3 is 0 Å². The van der Waals surface area contributed by atoms with Crippen LogP contribution in [0.5, 0.6) is 0 Å². The molecule has 1 aromatic carbocycles. The van der Waals surface area contributed by atoms with Gasteiger partial charge in [-0.15, -0.1) is 0 Å². The molecular weight excluding hydrogens is 270 g/mol. The summed E-state index contributed by atoms with van der Waals surface area (Å²) in [5.41, 5.74) is 6.69. The van der Waals surface area contributed by atoms with E-state index in [0.717, 1.165) is 22.5 Å². The zero-order valence-electron chi connectivity index (χ0n) is 13.0. The second-order valence-electron chi connectivity index (χ2n) is 5.81. The Hall–Kier alpha value is -2.68. The van der Waals surface area contributed by atoms with E-state index in [2.05, 4.69) is 62.3 Å². The van der Waals surface area contributed by atoms with E-state index in [1.54, 1.807) is 0 Å². The van der Waals surface area contributed by atoms with Crippen molar-refractivity contribution in [1.29, 1.82) is 0 Å². The highest BCUT2D eigenvalue weighted by molar-refractivity contribution is 5.99. The summed E-state index contributed by atoms with van der Waals surface area (Å²) in [6.45, 7) is 6.28. The number of aryl methyl sites for hydroxylation is 3. The van der Waals surface area contributed by atoms with Crippen LogP contribution in [0, 0.1) is 20.8 Å². The maximum atomic E-state index is 4.86. The van der Waals surface area contributed by atoms with Gasteiger partial charge in [0, 0.05) is 22.8 Å². The summed E-state index contributed by atoms with van der Waals surface area (Å²) in [6.07, 6.45) is 3.96. The maximum absolute atomic E-state index is 4.86. The van der Waals surface area contributed by atoms with Crippen LogP contribution in [0.15, 0.2) is 48.8 Å². The fraction of sp³-hybridized carbons (Fsp3) is 0.158. The number of nitrogens with zero attached hydrogens (tertiary/aromatic N) is 3. The zero-order valence-corrected chi connectivity index (χ0v) is 13.0. The molecule has 4 aromatic rings. The molecule has 3 aromatic heterocycles. The van der Waals surface area contributed by atoms with Crippen molar-refractivity contribution in [2.45, 2.75) is 20.8 Å². The van der Waals surface area contributed by atoms with Crippen LogP contribution in [0.1, 0.15) is 16.8 Å². The molecule has 108 valence electrons. The van der Waals surface area contributed by atoms with E-state index >= 15 is 0 Å². The SMILES string of the molecule is Cc1ccc2c(-c3nc(C)c(C)c4ccccc34)cnn2c1. The number of aromatic nitrogens is 3. The van der Waals surface area contributed by atoms with Crippen LogP contribution in [0.2, 0.25) is 0 Å². The van der Waals surface area contributed by atoms with Gasteiger partial charge < -0.3 is 0 Å². The van der Waals surface area contributed by atoms with Crippen LogP contribution in [-0.2, 0) is 0 Å². The summed E-state index contributed by atoms with van der Waals surface area (Å²) < 4.78 is 1.93. The molecule has 0 saturated carbocycles. The van der Waals surface area contributed by atoms with Crippen LogP contribution >= 0.6 is 0 Å². The van der Waals surface area contributed by atoms with Gasteiger partial charge in [-0.25, -0.2) is 4.52 Å². The van der Waals surface area contributed by atoms with Crippen molar-refractivity contribution in [2.75, 3.05) is 0 Å². The lowest BCUT2D eigenvalue weighted by Gasteiger charge is -2.10. The van der Waals surface area contributed by atoms with Gasteiger partial charge in [-0.2, -0.15) is 5.10 Å². The molecule has 0 saturated heterocycles. The number of benzene rings is 1. The highest BCUT2D eigenvalue weighted by Gasteiger charge is 2.14. The fourth-order valence-electron chi connectivity index (χ4n) is 3.00. The molecule has 0 atom stereocenters. The van der Waals surface area contributed by atoms with E-state index in [0.29, 0.717) is 0 Å². The smallest absolute Gasteiger partial charge is 0.0821 e. The number of pyridine rings is 2. The minimum Gasteiger partial charge on any atom is -0.252 e. The third-order valence-electron chi connectivity index (χ3n) is 4.33. The summed E-state index contributed by atoms with van der Waals surface area (Å²) in [7, 11) is 0. The number of rotatable bonds is 1. The van der Waals surface area contributed by atoms with Crippen molar-refractivity contribution >= 4 is 16.3 Å². The van der Waals surface area contributed by atoms with Crippen molar-refractivity contribution in [3.05, 3.63) is 65.6 Å². The molecule has 0 aliphatic carbocycles. The van der Waals surface area contributed by atoms with Crippen molar-refractivity contribution in [1.82, 2.24) is 14.6 Å². The minimum absolute atomic E-state index is 1.01. The van der Waals surface area contributed by atoms with Crippen LogP contribution in [0.25, 0.3) is 27.5 Å². The van der Waals surface area contributed by atoms with E-state index < -0.39 is 0 Å². The van der Waals surface area contributed by atoms with E-state index in [1.165, 1.54) is 21.9 Å². The molecule has 3 heterocycles. The van der Waals surface area contributed by atoms with Crippen molar-refractivity contribution < 1.29 is 0 Å². The van der Waals surface area contributed by atoms with Gasteiger partial charge in [-0.1, -0.05) is 30.3 Å². The lowest BCUT2D eigenvalue weighted by atomic mass is 10.00. The first-order valence-electron chi connectivity index (χ1n) is 7.45. The first-order valence-corrected chi connectivity index (χ1v) is 7.45. The van der Waals surface area contributed by atoms with Gasteiger partial charge in [0.25, 0.3) is 0 Å². The molecule has 0 fully saturated rings. The van der Waals surface area contributed by atoms with Gasteiger partial charge in [-0.3, -0.25) is 4.98 Å². The Bertz CT molecular complexity index is 1010. The second kappa shape index (κ2) is 4.67. The standard InChI is InChI=1S/C19H17N3/c1-12-8-9-18-17(10-20-22(18)11-12)19-16-7-5-4-6-15(16)13(2)14(3)21-19/h4-11H,1-3H3. The zero-order chi connectivity index (χ0) is 15.3. The van der Waals surface area contributed by atoms with Gasteiger partial charge in [0.05, 0.1) is 17.4 Å². The van der Waals surface area contributed by atoms with Crippen molar-refractivity contribution in [3.8, 4) is 11.3 Å². The molecule has 0 aliphatic rings. The monoisotopic (exact) mass is 287 g/mol. The highest BCUT2D eigenvalue weighted by Crippen LogP contribution is 2.32. The largest absolute Gasteiger partial charge is 0.252 e. The molecule has 0 radical (unpaired) electrons. The molecule has 3 heteroatoms. The summed E-state index contributed by atoms with van der Waals surface area (Å²) in [6, 6.07) is 12.7. The second-order valence-corrected chi connectivity index (χ2v) is 5.81. The lowest BCUT2D eigenvalue weighted by Crippen LogP contribution is -1.94. The van der Waals surface area contributed by atoms with Gasteiger partial charge in [0.15, 0.2) is 0 Å². The topological polar surface area (TPSA) is 30.2 Å². The number of fused-ring (bicyclic) bond motifs is 2. The van der Waals surface area contributed by atoms with Crippen LogP contribution in [0.3, 0.4) is 0 Å². The normalized spacial score (nSPS) is 11.4. The quantitative estimate of drug-likeness (QED) is 0.517. The average Bonchev–Trinajstić information content (AvgIpc) is 2.93. The predicted octanol–water partition coefficient (Wildman–Crippen LogP) is 4.47. The fourth-order valence-corrected chi connectivity index (χ4v) is 3.00. The van der Waals surface area contributed by atoms with Gasteiger partial charge in [0.2, 0.25) is 0 Å². The molecule has 0 bridgehead atoms.